The lowest BCUT2D eigenvalue weighted by Gasteiger charge is -2.26. The number of aliphatic hydroxyl groups excluding tert-OH is 1. The molecule has 0 atom stereocenters. The first-order valence-electron chi connectivity index (χ1n) is 12.1. The first-order chi connectivity index (χ1) is 16.4. The van der Waals surface area contributed by atoms with E-state index in [0.29, 0.717) is 52.9 Å². The molecule has 3 N–H and O–H groups in total. The Labute approximate surface area is 205 Å². The largest absolute Gasteiger partial charge is 0.495 e. The Balaban J connectivity index is 1.34. The lowest BCUT2D eigenvalue weighted by atomic mass is 9.93. The highest BCUT2D eigenvalue weighted by molar-refractivity contribution is 6.32. The molecule has 2 heterocycles. The summed E-state index contributed by atoms with van der Waals surface area (Å²) in [5.74, 6) is 1.61. The van der Waals surface area contributed by atoms with Crippen LogP contribution in [0.15, 0.2) is 24.4 Å². The minimum atomic E-state index is -0.264. The molecule has 3 fully saturated rings. The second-order valence-corrected chi connectivity index (χ2v) is 10.3. The highest BCUT2D eigenvalue weighted by atomic mass is 35.5. The van der Waals surface area contributed by atoms with Crippen molar-refractivity contribution in [3.8, 4) is 5.75 Å². The molecule has 2 aliphatic carbocycles. The highest BCUT2D eigenvalue weighted by Gasteiger charge is 2.48. The predicted octanol–water partition coefficient (Wildman–Crippen LogP) is 3.77. The van der Waals surface area contributed by atoms with Crippen molar-refractivity contribution in [2.24, 2.45) is 5.41 Å². The van der Waals surface area contributed by atoms with E-state index < -0.39 is 0 Å². The first-order valence-corrected chi connectivity index (χ1v) is 12.5. The van der Waals surface area contributed by atoms with E-state index in [0.717, 1.165) is 31.5 Å². The van der Waals surface area contributed by atoms with Gasteiger partial charge in [0, 0.05) is 31.9 Å². The quantitative estimate of drug-likeness (QED) is 0.548. The molecule has 2 aromatic rings. The molecule has 1 aromatic carbocycles. The maximum atomic E-state index is 13.2. The van der Waals surface area contributed by atoms with E-state index in [-0.39, 0.29) is 18.1 Å². The van der Waals surface area contributed by atoms with Gasteiger partial charge < -0.3 is 25.4 Å². The van der Waals surface area contributed by atoms with Gasteiger partial charge >= 0.3 is 0 Å². The third-order valence-electron chi connectivity index (χ3n) is 7.41. The summed E-state index contributed by atoms with van der Waals surface area (Å²) in [7, 11) is 1.59. The van der Waals surface area contributed by atoms with Crippen molar-refractivity contribution in [1.29, 1.82) is 0 Å². The van der Waals surface area contributed by atoms with E-state index >= 15 is 0 Å². The van der Waals surface area contributed by atoms with Crippen molar-refractivity contribution >= 4 is 29.3 Å². The number of carbonyl (C=O) groups is 1. The third kappa shape index (κ3) is 5.08. The maximum absolute atomic E-state index is 13.2. The Hall–Kier alpha value is -2.58. The molecule has 0 bridgehead atoms. The van der Waals surface area contributed by atoms with E-state index in [1.54, 1.807) is 13.3 Å². The number of aliphatic hydroxyl groups is 1. The number of amides is 1. The number of hydrogen-bond donors (Lipinski definition) is 3. The number of nitrogens with zero attached hydrogens (tertiary/aromatic N) is 3. The average molecular weight is 486 g/mol. The second-order valence-electron chi connectivity index (χ2n) is 9.91. The summed E-state index contributed by atoms with van der Waals surface area (Å²) >= 11 is 6.29. The fourth-order valence-corrected chi connectivity index (χ4v) is 5.29. The zero-order chi connectivity index (χ0) is 23.7. The van der Waals surface area contributed by atoms with E-state index in [9.17, 15) is 9.90 Å². The Bertz CT molecular complexity index is 1050. The molecular formula is C25H32ClN5O3. The van der Waals surface area contributed by atoms with Crippen LogP contribution >= 0.6 is 11.6 Å². The van der Waals surface area contributed by atoms with Crippen LogP contribution in [0.1, 0.15) is 60.9 Å². The molecule has 1 spiro atoms. The summed E-state index contributed by atoms with van der Waals surface area (Å²) in [6.07, 6.45) is 8.08. The van der Waals surface area contributed by atoms with Gasteiger partial charge in [-0.1, -0.05) is 17.7 Å². The summed E-state index contributed by atoms with van der Waals surface area (Å²) < 4.78 is 5.24. The fourth-order valence-electron chi connectivity index (χ4n) is 5.01. The number of rotatable bonds is 7. The van der Waals surface area contributed by atoms with Crippen molar-refractivity contribution < 1.29 is 14.6 Å². The second kappa shape index (κ2) is 9.58. The molecule has 1 aromatic heterocycles. The number of benzene rings is 1. The van der Waals surface area contributed by atoms with Gasteiger partial charge in [-0.15, -0.1) is 0 Å². The molecule has 3 aliphatic rings. The molecule has 5 rings (SSSR count). The highest BCUT2D eigenvalue weighted by Crippen LogP contribution is 2.53. The topological polar surface area (TPSA) is 99.6 Å². The van der Waals surface area contributed by atoms with Crippen LogP contribution in [0.4, 0.5) is 11.8 Å². The van der Waals surface area contributed by atoms with Crippen LogP contribution in [-0.4, -0.2) is 53.3 Å². The van der Waals surface area contributed by atoms with Gasteiger partial charge in [-0.25, -0.2) is 4.98 Å². The van der Waals surface area contributed by atoms with Crippen molar-refractivity contribution in [3.05, 3.63) is 40.5 Å². The van der Waals surface area contributed by atoms with E-state index in [4.69, 9.17) is 21.3 Å². The van der Waals surface area contributed by atoms with Gasteiger partial charge in [-0.3, -0.25) is 4.79 Å². The van der Waals surface area contributed by atoms with Crippen molar-refractivity contribution in [2.45, 2.75) is 63.6 Å². The first kappa shape index (κ1) is 23.2. The molecule has 2 saturated carbocycles. The Morgan fingerprint density at radius 1 is 1.26 bits per heavy atom. The van der Waals surface area contributed by atoms with Gasteiger partial charge in [-0.2, -0.15) is 4.98 Å². The lowest BCUT2D eigenvalue weighted by molar-refractivity contribution is 0.0867. The molecular weight excluding hydrogens is 454 g/mol. The van der Waals surface area contributed by atoms with Crippen molar-refractivity contribution in [3.63, 3.8) is 0 Å². The number of carbonyl (C=O) groups excluding carboxylic acids is 1. The van der Waals surface area contributed by atoms with Crippen LogP contribution in [-0.2, 0) is 6.54 Å². The van der Waals surface area contributed by atoms with E-state index in [1.165, 1.54) is 19.3 Å². The number of methoxy groups -OCH3 is 1. The number of halogens is 1. The minimum Gasteiger partial charge on any atom is -0.495 e. The molecule has 34 heavy (non-hydrogen) atoms. The standard InChI is InChI=1S/C25H32ClN5O3/c1-34-21-7-2-16(12-20(21)26)13-27-22-19(23(33)29-17-3-5-18(32)6-4-17)14-28-24(30-22)31-11-10-25(15-31)8-9-25/h2,7,12,14,17-18,32H,3-6,8-11,13,15H2,1H3,(H,29,33)(H,27,28,30)/t17-,18-. The lowest BCUT2D eigenvalue weighted by Crippen LogP contribution is -2.39. The van der Waals surface area contributed by atoms with Crippen LogP contribution in [0, 0.1) is 5.41 Å². The van der Waals surface area contributed by atoms with Crippen LogP contribution in [0.5, 0.6) is 5.75 Å². The molecule has 9 heteroatoms. The number of anilines is 2. The molecule has 1 saturated heterocycles. The van der Waals surface area contributed by atoms with Crippen LogP contribution < -0.4 is 20.3 Å². The Morgan fingerprint density at radius 2 is 2.06 bits per heavy atom. The van der Waals surface area contributed by atoms with Gasteiger partial charge in [0.25, 0.3) is 5.91 Å². The Kier molecular flexibility index (Phi) is 6.53. The summed E-state index contributed by atoms with van der Waals surface area (Å²) in [4.78, 5) is 24.8. The summed E-state index contributed by atoms with van der Waals surface area (Å²) in [5, 5.41) is 16.8. The van der Waals surface area contributed by atoms with Crippen molar-refractivity contribution in [2.75, 3.05) is 30.4 Å². The number of nitrogens with one attached hydrogen (secondary N) is 2. The number of ether oxygens (including phenoxy) is 1. The van der Waals surface area contributed by atoms with Gasteiger partial charge in [0.1, 0.15) is 17.1 Å². The summed E-state index contributed by atoms with van der Waals surface area (Å²) in [6.45, 7) is 2.39. The monoisotopic (exact) mass is 485 g/mol. The fraction of sp³-hybridized carbons (Fsp3) is 0.560. The Morgan fingerprint density at radius 3 is 2.74 bits per heavy atom. The minimum absolute atomic E-state index is 0.0529. The third-order valence-corrected chi connectivity index (χ3v) is 7.70. The molecule has 1 aliphatic heterocycles. The molecule has 182 valence electrons. The van der Waals surface area contributed by atoms with Gasteiger partial charge in [-0.05, 0) is 68.1 Å². The summed E-state index contributed by atoms with van der Waals surface area (Å²) in [6, 6.07) is 5.66. The zero-order valence-electron chi connectivity index (χ0n) is 19.5. The zero-order valence-corrected chi connectivity index (χ0v) is 20.3. The van der Waals surface area contributed by atoms with Gasteiger partial charge in [0.05, 0.1) is 18.2 Å². The van der Waals surface area contributed by atoms with Gasteiger partial charge in [0.2, 0.25) is 5.95 Å². The summed E-state index contributed by atoms with van der Waals surface area (Å²) in [5.41, 5.74) is 1.84. The van der Waals surface area contributed by atoms with Gasteiger partial charge in [0.15, 0.2) is 0 Å². The maximum Gasteiger partial charge on any atom is 0.256 e. The SMILES string of the molecule is COc1ccc(CNc2nc(N3CCC4(CC4)C3)ncc2C(=O)N[C@H]2CC[C@H](O)CC2)cc1Cl. The molecule has 1 amide bonds. The predicted molar refractivity (Wildman–Crippen MR) is 132 cm³/mol. The molecule has 0 radical (unpaired) electrons. The van der Waals surface area contributed by atoms with Crippen LogP contribution in [0.3, 0.4) is 0 Å². The smallest absolute Gasteiger partial charge is 0.256 e. The van der Waals surface area contributed by atoms with E-state index in [2.05, 4.69) is 20.5 Å². The molecule has 0 unspecified atom stereocenters. The average Bonchev–Trinajstić information content (AvgIpc) is 3.47. The van der Waals surface area contributed by atoms with Crippen LogP contribution in [0.25, 0.3) is 0 Å². The van der Waals surface area contributed by atoms with E-state index in [1.807, 2.05) is 18.2 Å². The normalized spacial score (nSPS) is 23.1. The van der Waals surface area contributed by atoms with Crippen LogP contribution in [0.2, 0.25) is 5.02 Å². The molecule has 8 nitrogen and oxygen atoms in total. The van der Waals surface area contributed by atoms with Crippen molar-refractivity contribution in [1.82, 2.24) is 15.3 Å². The number of aromatic nitrogens is 2. The number of hydrogen-bond acceptors (Lipinski definition) is 7.